The predicted octanol–water partition coefficient (Wildman–Crippen LogP) is 2.09. The van der Waals surface area contributed by atoms with Crippen molar-refractivity contribution in [3.8, 4) is 0 Å². The fourth-order valence-electron chi connectivity index (χ4n) is 1.60. The maximum Gasteiger partial charge on any atom is 0.109 e. The van der Waals surface area contributed by atoms with Crippen molar-refractivity contribution < 1.29 is 0 Å². The highest BCUT2D eigenvalue weighted by Gasteiger charge is 2.17. The molecule has 2 heteroatoms. The largest absolute Gasteiger partial charge is 0.367 e. The summed E-state index contributed by atoms with van der Waals surface area (Å²) >= 11 is 0. The predicted molar refractivity (Wildman–Crippen MR) is 45.6 cm³/mol. The van der Waals surface area contributed by atoms with Gasteiger partial charge < -0.3 is 10.3 Å². The molecule has 1 aliphatic rings. The second-order valence-electron chi connectivity index (χ2n) is 2.88. The number of nitrogens with one attached hydrogen (secondary N) is 2. The van der Waals surface area contributed by atoms with Crippen molar-refractivity contribution in [2.75, 3.05) is 5.32 Å². The molecule has 0 fully saturated rings. The summed E-state index contributed by atoms with van der Waals surface area (Å²) in [5.74, 6) is 1.20. The molecule has 0 amide bonds. The van der Waals surface area contributed by atoms with Crippen LogP contribution >= 0.6 is 0 Å². The molecule has 0 aliphatic carbocycles. The number of rotatable bonds is 0. The molecule has 3 rings (SSSR count). The van der Waals surface area contributed by atoms with E-state index in [4.69, 9.17) is 0 Å². The van der Waals surface area contributed by atoms with E-state index in [1.165, 1.54) is 22.3 Å². The van der Waals surface area contributed by atoms with Gasteiger partial charge in [-0.15, -0.1) is 0 Å². The van der Waals surface area contributed by atoms with E-state index in [1.807, 2.05) is 0 Å². The summed E-state index contributed by atoms with van der Waals surface area (Å²) in [6.07, 6.45) is 0. The fourth-order valence-corrected chi connectivity index (χ4v) is 1.60. The molecule has 1 aromatic carbocycles. The van der Waals surface area contributed by atoms with Gasteiger partial charge in [-0.2, -0.15) is 0 Å². The summed E-state index contributed by atoms with van der Waals surface area (Å²) in [7, 11) is 0. The number of hydrogen-bond acceptors (Lipinski definition) is 1. The molecule has 1 aromatic heterocycles. The third-order valence-corrected chi connectivity index (χ3v) is 2.26. The van der Waals surface area contributed by atoms with Crippen molar-refractivity contribution in [2.45, 2.75) is 6.54 Å². The molecule has 1 aliphatic heterocycles. The van der Waals surface area contributed by atoms with E-state index >= 15 is 0 Å². The Balaban J connectivity index is 2.53. The molecule has 0 atom stereocenters. The van der Waals surface area contributed by atoms with Crippen molar-refractivity contribution in [3.05, 3.63) is 29.8 Å². The highest BCUT2D eigenvalue weighted by atomic mass is 15.1. The van der Waals surface area contributed by atoms with Crippen molar-refractivity contribution >= 4 is 16.7 Å². The Morgan fingerprint density at radius 2 is 2.09 bits per heavy atom. The average molecular weight is 144 g/mol. The Kier molecular flexibility index (Phi) is 0.756. The molecule has 2 aromatic rings. The number of H-pyrrole nitrogens is 1. The highest BCUT2D eigenvalue weighted by molar-refractivity contribution is 5.91. The minimum atomic E-state index is 1.01. The second-order valence-corrected chi connectivity index (χ2v) is 2.88. The van der Waals surface area contributed by atoms with Crippen LogP contribution in [0.3, 0.4) is 0 Å². The van der Waals surface area contributed by atoms with E-state index < -0.39 is 0 Å². The van der Waals surface area contributed by atoms with Gasteiger partial charge in [0.2, 0.25) is 0 Å². The number of anilines is 1. The maximum atomic E-state index is 3.30. The van der Waals surface area contributed by atoms with Crippen LogP contribution in [0.1, 0.15) is 5.56 Å². The number of hydrogen-bond donors (Lipinski definition) is 2. The molecule has 0 bridgehead atoms. The minimum Gasteiger partial charge on any atom is -0.367 e. The Bertz CT molecular complexity index is 414. The van der Waals surface area contributed by atoms with Crippen LogP contribution in [-0.4, -0.2) is 4.98 Å². The quantitative estimate of drug-likeness (QED) is 0.582. The molecule has 2 heterocycles. The van der Waals surface area contributed by atoms with Crippen LogP contribution < -0.4 is 5.32 Å². The Labute approximate surface area is 64.2 Å². The fraction of sp³-hybridized carbons (Fsp3) is 0.111. The van der Waals surface area contributed by atoms with E-state index in [0.29, 0.717) is 0 Å². The van der Waals surface area contributed by atoms with Crippen molar-refractivity contribution in [2.24, 2.45) is 0 Å². The van der Waals surface area contributed by atoms with Gasteiger partial charge in [0, 0.05) is 23.0 Å². The Hall–Kier alpha value is -1.44. The molecule has 11 heavy (non-hydrogen) atoms. The lowest BCUT2D eigenvalue weighted by Crippen LogP contribution is -2.11. The van der Waals surface area contributed by atoms with Gasteiger partial charge >= 0.3 is 0 Å². The summed E-state index contributed by atoms with van der Waals surface area (Å²) in [5.41, 5.74) is 2.67. The van der Waals surface area contributed by atoms with Gasteiger partial charge in [-0.1, -0.05) is 18.2 Å². The van der Waals surface area contributed by atoms with Gasteiger partial charge in [0.05, 0.1) is 0 Å². The normalized spacial score (nSPS) is 13.8. The number of aromatic nitrogens is 1. The van der Waals surface area contributed by atoms with E-state index in [1.54, 1.807) is 0 Å². The van der Waals surface area contributed by atoms with Crippen LogP contribution in [0, 0.1) is 0 Å². The molecule has 0 radical (unpaired) electrons. The third kappa shape index (κ3) is 0.522. The lowest BCUT2D eigenvalue weighted by Gasteiger charge is -2.15. The molecule has 0 unspecified atom stereocenters. The summed E-state index contributed by atoms with van der Waals surface area (Å²) < 4.78 is 0. The molecule has 0 saturated heterocycles. The van der Waals surface area contributed by atoms with Crippen molar-refractivity contribution in [1.82, 2.24) is 4.98 Å². The minimum absolute atomic E-state index is 1.01. The van der Waals surface area contributed by atoms with Crippen LogP contribution in [0.2, 0.25) is 0 Å². The van der Waals surface area contributed by atoms with Crippen LogP contribution in [-0.2, 0) is 6.54 Å². The van der Waals surface area contributed by atoms with Crippen molar-refractivity contribution in [3.63, 3.8) is 0 Å². The molecule has 2 N–H and O–H groups in total. The first-order chi connectivity index (χ1) is 5.45. The SMILES string of the molecule is c1ccc2c3c([nH]c2c1)NC3. The van der Waals surface area contributed by atoms with E-state index in [2.05, 4.69) is 34.6 Å². The van der Waals surface area contributed by atoms with Gasteiger partial charge in [0.1, 0.15) is 5.82 Å². The standard InChI is InChI=1S/C9H8N2/c1-2-4-8-6(3-1)7-5-10-9(7)11-8/h1-4,10-11H,5H2. The van der Waals surface area contributed by atoms with E-state index in [0.717, 1.165) is 6.54 Å². The zero-order valence-corrected chi connectivity index (χ0v) is 6.02. The second kappa shape index (κ2) is 1.59. The van der Waals surface area contributed by atoms with Crippen LogP contribution in [0.5, 0.6) is 0 Å². The Morgan fingerprint density at radius 1 is 1.18 bits per heavy atom. The van der Waals surface area contributed by atoms with Gasteiger partial charge in [0.15, 0.2) is 0 Å². The molecular weight excluding hydrogens is 136 g/mol. The van der Waals surface area contributed by atoms with Crippen molar-refractivity contribution in [1.29, 1.82) is 0 Å². The lowest BCUT2D eigenvalue weighted by atomic mass is 10.1. The summed E-state index contributed by atoms with van der Waals surface area (Å²) in [6.45, 7) is 1.01. The van der Waals surface area contributed by atoms with Crippen LogP contribution in [0.4, 0.5) is 5.82 Å². The lowest BCUT2D eigenvalue weighted by molar-refractivity contribution is 1.05. The zero-order chi connectivity index (χ0) is 7.26. The molecule has 54 valence electrons. The van der Waals surface area contributed by atoms with Gasteiger partial charge in [-0.05, 0) is 6.07 Å². The molecular formula is C9H8N2. The number of para-hydroxylation sites is 1. The smallest absolute Gasteiger partial charge is 0.109 e. The summed E-state index contributed by atoms with van der Waals surface area (Å²) in [5, 5.41) is 4.59. The van der Waals surface area contributed by atoms with Crippen LogP contribution in [0.15, 0.2) is 24.3 Å². The first-order valence-electron chi connectivity index (χ1n) is 3.78. The van der Waals surface area contributed by atoms with Crippen LogP contribution in [0.25, 0.3) is 10.9 Å². The van der Waals surface area contributed by atoms with Gasteiger partial charge in [-0.25, -0.2) is 0 Å². The summed E-state index contributed by atoms with van der Waals surface area (Å²) in [4.78, 5) is 3.30. The zero-order valence-electron chi connectivity index (χ0n) is 6.02. The number of benzene rings is 1. The molecule has 0 saturated carbocycles. The first kappa shape index (κ1) is 5.24. The monoisotopic (exact) mass is 144 g/mol. The molecule has 2 nitrogen and oxygen atoms in total. The molecule has 0 spiro atoms. The first-order valence-corrected chi connectivity index (χ1v) is 3.78. The Morgan fingerprint density at radius 3 is 2.91 bits per heavy atom. The third-order valence-electron chi connectivity index (χ3n) is 2.26. The average Bonchev–Trinajstić information content (AvgIpc) is 2.23. The highest BCUT2D eigenvalue weighted by Crippen LogP contribution is 2.32. The van der Waals surface area contributed by atoms with Gasteiger partial charge in [0.25, 0.3) is 0 Å². The van der Waals surface area contributed by atoms with E-state index in [-0.39, 0.29) is 0 Å². The number of fused-ring (bicyclic) bond motifs is 3. The summed E-state index contributed by atoms with van der Waals surface area (Å²) in [6, 6.07) is 8.40. The van der Waals surface area contributed by atoms with Gasteiger partial charge in [-0.3, -0.25) is 0 Å². The maximum absolute atomic E-state index is 3.30. The van der Waals surface area contributed by atoms with E-state index in [9.17, 15) is 0 Å². The topological polar surface area (TPSA) is 27.8 Å². The number of aromatic amines is 1.